The molecule has 0 aliphatic heterocycles. The van der Waals surface area contributed by atoms with Crippen LogP contribution in [0, 0.1) is 6.92 Å². The van der Waals surface area contributed by atoms with E-state index in [1.807, 2.05) is 24.4 Å². The van der Waals surface area contributed by atoms with Crippen LogP contribution in [0.5, 0.6) is 0 Å². The van der Waals surface area contributed by atoms with Gasteiger partial charge in [-0.3, -0.25) is 4.98 Å². The molecule has 3 aromatic heterocycles. The van der Waals surface area contributed by atoms with Crippen LogP contribution in [0.4, 0.5) is 5.69 Å². The molecule has 1 N–H and O–H groups in total. The second-order valence-corrected chi connectivity index (χ2v) is 4.77. The minimum Gasteiger partial charge on any atom is -0.467 e. The van der Waals surface area contributed by atoms with E-state index in [9.17, 15) is 0 Å². The molecule has 0 saturated heterocycles. The molecule has 3 aromatic rings. The van der Waals surface area contributed by atoms with Gasteiger partial charge in [0.2, 0.25) is 0 Å². The molecular formula is C13H12N2OS. The van der Waals surface area contributed by atoms with E-state index in [-0.39, 0.29) is 0 Å². The lowest BCUT2D eigenvalue weighted by molar-refractivity contribution is 0.518. The first-order chi connectivity index (χ1) is 8.34. The summed E-state index contributed by atoms with van der Waals surface area (Å²) in [5.74, 6) is 0.934. The number of aryl methyl sites for hydroxylation is 1. The third kappa shape index (κ3) is 1.91. The Morgan fingerprint density at radius 1 is 1.41 bits per heavy atom. The Bertz CT molecular complexity index is 628. The first-order valence-corrected chi connectivity index (χ1v) is 6.31. The van der Waals surface area contributed by atoms with Crippen LogP contribution in [0.25, 0.3) is 10.2 Å². The molecule has 0 fully saturated rings. The highest BCUT2D eigenvalue weighted by Crippen LogP contribution is 2.30. The van der Waals surface area contributed by atoms with E-state index in [0.29, 0.717) is 6.54 Å². The summed E-state index contributed by atoms with van der Waals surface area (Å²) in [4.78, 5) is 4.39. The zero-order valence-corrected chi connectivity index (χ0v) is 10.3. The normalized spacial score (nSPS) is 10.9. The van der Waals surface area contributed by atoms with Gasteiger partial charge in [0.1, 0.15) is 5.76 Å². The number of furan rings is 1. The number of fused-ring (bicyclic) bond motifs is 1. The number of rotatable bonds is 3. The van der Waals surface area contributed by atoms with Crippen molar-refractivity contribution in [1.29, 1.82) is 0 Å². The molecule has 0 aliphatic rings. The molecule has 0 saturated carbocycles. The first-order valence-electron chi connectivity index (χ1n) is 5.43. The van der Waals surface area contributed by atoms with Gasteiger partial charge in [-0.05, 0) is 36.1 Å². The maximum atomic E-state index is 5.30. The molecule has 3 heterocycles. The lowest BCUT2D eigenvalue weighted by Gasteiger charge is -2.05. The highest BCUT2D eigenvalue weighted by atomic mass is 32.1. The van der Waals surface area contributed by atoms with Gasteiger partial charge in [0.25, 0.3) is 0 Å². The van der Waals surface area contributed by atoms with Gasteiger partial charge in [0, 0.05) is 6.20 Å². The van der Waals surface area contributed by atoms with Crippen LogP contribution < -0.4 is 5.32 Å². The molecule has 0 radical (unpaired) electrons. The summed E-state index contributed by atoms with van der Waals surface area (Å²) in [6.45, 7) is 2.78. The smallest absolute Gasteiger partial charge is 0.122 e. The predicted molar refractivity (Wildman–Crippen MR) is 70.4 cm³/mol. The number of hydrogen-bond donors (Lipinski definition) is 1. The fourth-order valence-corrected chi connectivity index (χ4v) is 2.79. The van der Waals surface area contributed by atoms with Gasteiger partial charge in [-0.15, -0.1) is 11.3 Å². The summed E-state index contributed by atoms with van der Waals surface area (Å²) in [6.07, 6.45) is 3.53. The van der Waals surface area contributed by atoms with Gasteiger partial charge in [-0.25, -0.2) is 0 Å². The second kappa shape index (κ2) is 4.22. The van der Waals surface area contributed by atoms with Crippen molar-refractivity contribution in [2.24, 2.45) is 0 Å². The van der Waals surface area contributed by atoms with Crippen LogP contribution in [0.3, 0.4) is 0 Å². The van der Waals surface area contributed by atoms with Crippen molar-refractivity contribution in [1.82, 2.24) is 4.98 Å². The number of thiophene rings is 1. The van der Waals surface area contributed by atoms with Crippen LogP contribution in [-0.2, 0) is 6.54 Å². The topological polar surface area (TPSA) is 38.1 Å². The van der Waals surface area contributed by atoms with Gasteiger partial charge in [0.05, 0.1) is 28.7 Å². The Kier molecular flexibility index (Phi) is 2.57. The minimum absolute atomic E-state index is 0.697. The molecule has 0 atom stereocenters. The van der Waals surface area contributed by atoms with Crippen LogP contribution in [-0.4, -0.2) is 4.98 Å². The second-order valence-electron chi connectivity index (χ2n) is 3.89. The highest BCUT2D eigenvalue weighted by molar-refractivity contribution is 7.18. The molecule has 0 aliphatic carbocycles. The number of nitrogens with zero attached hydrogens (tertiary/aromatic N) is 1. The third-order valence-corrected chi connectivity index (χ3v) is 3.79. The summed E-state index contributed by atoms with van der Waals surface area (Å²) in [5, 5.41) is 5.51. The summed E-state index contributed by atoms with van der Waals surface area (Å²) in [6, 6.07) is 5.86. The molecule has 0 bridgehead atoms. The molecule has 3 rings (SSSR count). The van der Waals surface area contributed by atoms with Crippen molar-refractivity contribution in [2.45, 2.75) is 13.5 Å². The van der Waals surface area contributed by atoms with E-state index in [0.717, 1.165) is 17.0 Å². The number of pyridine rings is 1. The van der Waals surface area contributed by atoms with E-state index < -0.39 is 0 Å². The van der Waals surface area contributed by atoms with Gasteiger partial charge in [0.15, 0.2) is 0 Å². The van der Waals surface area contributed by atoms with Gasteiger partial charge >= 0.3 is 0 Å². The monoisotopic (exact) mass is 244 g/mol. The lowest BCUT2D eigenvalue weighted by Crippen LogP contribution is -1.98. The Balaban J connectivity index is 1.90. The van der Waals surface area contributed by atoms with Crippen molar-refractivity contribution in [3.63, 3.8) is 0 Å². The fourth-order valence-electron chi connectivity index (χ4n) is 1.79. The van der Waals surface area contributed by atoms with Crippen LogP contribution in [0.1, 0.15) is 11.3 Å². The largest absolute Gasteiger partial charge is 0.467 e. The van der Waals surface area contributed by atoms with E-state index in [1.54, 1.807) is 17.6 Å². The number of hydrogen-bond acceptors (Lipinski definition) is 4. The number of anilines is 1. The van der Waals surface area contributed by atoms with Crippen molar-refractivity contribution in [3.05, 3.63) is 47.4 Å². The van der Waals surface area contributed by atoms with E-state index in [1.165, 1.54) is 10.3 Å². The molecule has 86 valence electrons. The Labute approximate surface area is 103 Å². The van der Waals surface area contributed by atoms with E-state index in [4.69, 9.17) is 4.42 Å². The van der Waals surface area contributed by atoms with Crippen molar-refractivity contribution in [3.8, 4) is 0 Å². The van der Waals surface area contributed by atoms with E-state index in [2.05, 4.69) is 22.6 Å². The van der Waals surface area contributed by atoms with Crippen molar-refractivity contribution < 1.29 is 4.42 Å². The van der Waals surface area contributed by atoms with E-state index >= 15 is 0 Å². The van der Waals surface area contributed by atoms with Gasteiger partial charge in [-0.2, -0.15) is 0 Å². The zero-order chi connectivity index (χ0) is 11.7. The molecule has 3 nitrogen and oxygen atoms in total. The number of aromatic nitrogens is 1. The molecule has 0 spiro atoms. The number of nitrogens with one attached hydrogen (secondary N) is 1. The van der Waals surface area contributed by atoms with Crippen LogP contribution >= 0.6 is 11.3 Å². The van der Waals surface area contributed by atoms with Crippen LogP contribution in [0.15, 0.2) is 40.5 Å². The fraction of sp³-hybridized carbons (Fsp3) is 0.154. The SMILES string of the molecule is Cc1csc2c(NCc3ccco3)ccnc12. The summed E-state index contributed by atoms with van der Waals surface area (Å²) < 4.78 is 6.50. The maximum absolute atomic E-state index is 5.30. The molecule has 0 unspecified atom stereocenters. The summed E-state index contributed by atoms with van der Waals surface area (Å²) >= 11 is 1.72. The molecule has 0 amide bonds. The average molecular weight is 244 g/mol. The standard InChI is InChI=1S/C13H12N2OS/c1-9-8-17-13-11(4-5-14-12(9)13)15-7-10-3-2-6-16-10/h2-6,8H,7H2,1H3,(H,14,15). The third-order valence-electron chi connectivity index (χ3n) is 2.66. The van der Waals surface area contributed by atoms with Gasteiger partial charge < -0.3 is 9.73 Å². The molecule has 17 heavy (non-hydrogen) atoms. The first kappa shape index (κ1) is 10.4. The summed E-state index contributed by atoms with van der Waals surface area (Å²) in [7, 11) is 0. The van der Waals surface area contributed by atoms with Gasteiger partial charge in [-0.1, -0.05) is 0 Å². The van der Waals surface area contributed by atoms with Crippen LogP contribution in [0.2, 0.25) is 0 Å². The Morgan fingerprint density at radius 2 is 2.35 bits per heavy atom. The summed E-state index contributed by atoms with van der Waals surface area (Å²) in [5.41, 5.74) is 3.43. The lowest BCUT2D eigenvalue weighted by atomic mass is 10.2. The maximum Gasteiger partial charge on any atom is 0.122 e. The average Bonchev–Trinajstić information content (AvgIpc) is 2.97. The highest BCUT2D eigenvalue weighted by Gasteiger charge is 2.06. The quantitative estimate of drug-likeness (QED) is 0.761. The molecule has 4 heteroatoms. The minimum atomic E-state index is 0.697. The Hall–Kier alpha value is -1.81. The molecular weight excluding hydrogens is 232 g/mol. The van der Waals surface area contributed by atoms with Crippen molar-refractivity contribution in [2.75, 3.05) is 5.32 Å². The predicted octanol–water partition coefficient (Wildman–Crippen LogP) is 3.81. The van der Waals surface area contributed by atoms with Crippen molar-refractivity contribution >= 4 is 27.2 Å². The Morgan fingerprint density at radius 3 is 3.18 bits per heavy atom. The zero-order valence-electron chi connectivity index (χ0n) is 9.43. The molecule has 0 aromatic carbocycles.